The number of halogens is 1. The Balaban J connectivity index is 2.42. The summed E-state index contributed by atoms with van der Waals surface area (Å²) in [5.74, 6) is -0.396. The molecule has 0 radical (unpaired) electrons. The van der Waals surface area contributed by atoms with Crippen LogP contribution in [0.1, 0.15) is 12.5 Å². The Morgan fingerprint density at radius 2 is 2.25 bits per heavy atom. The van der Waals surface area contributed by atoms with E-state index in [9.17, 15) is 9.18 Å². The van der Waals surface area contributed by atoms with Gasteiger partial charge in [-0.25, -0.2) is 4.39 Å². The summed E-state index contributed by atoms with van der Waals surface area (Å²) in [5.41, 5.74) is 0.769. The first-order valence-corrected chi connectivity index (χ1v) is 5.30. The third kappa shape index (κ3) is 3.98. The SMILES string of the molecule is CNCC(C)C(=O)NCc1cccc(F)c1. The highest BCUT2D eigenvalue weighted by atomic mass is 19.1. The molecule has 4 heteroatoms. The number of hydrogen-bond donors (Lipinski definition) is 2. The van der Waals surface area contributed by atoms with Crippen LogP contribution in [0.3, 0.4) is 0 Å². The Hall–Kier alpha value is -1.42. The molecule has 3 nitrogen and oxygen atoms in total. The van der Waals surface area contributed by atoms with E-state index in [1.54, 1.807) is 19.2 Å². The quantitative estimate of drug-likeness (QED) is 0.791. The molecule has 1 rings (SSSR count). The maximum atomic E-state index is 12.8. The first-order valence-electron chi connectivity index (χ1n) is 5.30. The second-order valence-electron chi connectivity index (χ2n) is 3.81. The minimum Gasteiger partial charge on any atom is -0.352 e. The van der Waals surface area contributed by atoms with Gasteiger partial charge in [0.2, 0.25) is 5.91 Å². The molecule has 0 heterocycles. The second kappa shape index (κ2) is 6.23. The molecule has 88 valence electrons. The van der Waals surface area contributed by atoms with E-state index in [-0.39, 0.29) is 17.6 Å². The van der Waals surface area contributed by atoms with Crippen molar-refractivity contribution in [3.05, 3.63) is 35.6 Å². The van der Waals surface area contributed by atoms with Crippen LogP contribution in [0, 0.1) is 11.7 Å². The lowest BCUT2D eigenvalue weighted by Crippen LogP contribution is -2.33. The third-order valence-electron chi connectivity index (χ3n) is 2.31. The van der Waals surface area contributed by atoms with E-state index in [1.807, 2.05) is 6.92 Å². The van der Waals surface area contributed by atoms with E-state index in [2.05, 4.69) is 10.6 Å². The van der Waals surface area contributed by atoms with Crippen LogP contribution in [-0.2, 0) is 11.3 Å². The minimum absolute atomic E-state index is 0.0291. The number of rotatable bonds is 5. The van der Waals surface area contributed by atoms with Gasteiger partial charge in [0.25, 0.3) is 0 Å². The van der Waals surface area contributed by atoms with Crippen molar-refractivity contribution in [3.63, 3.8) is 0 Å². The second-order valence-corrected chi connectivity index (χ2v) is 3.81. The van der Waals surface area contributed by atoms with Gasteiger partial charge in [0.15, 0.2) is 0 Å². The molecule has 1 amide bonds. The van der Waals surface area contributed by atoms with E-state index in [1.165, 1.54) is 12.1 Å². The molecule has 0 saturated carbocycles. The topological polar surface area (TPSA) is 41.1 Å². The first kappa shape index (κ1) is 12.6. The van der Waals surface area contributed by atoms with Gasteiger partial charge in [0.1, 0.15) is 5.82 Å². The van der Waals surface area contributed by atoms with Gasteiger partial charge in [0, 0.05) is 19.0 Å². The Labute approximate surface area is 95.0 Å². The molecular formula is C12H17FN2O. The summed E-state index contributed by atoms with van der Waals surface area (Å²) >= 11 is 0. The van der Waals surface area contributed by atoms with Crippen molar-refractivity contribution in [3.8, 4) is 0 Å². The van der Waals surface area contributed by atoms with Crippen molar-refractivity contribution in [1.82, 2.24) is 10.6 Å². The normalized spacial score (nSPS) is 12.2. The molecule has 0 fully saturated rings. The lowest BCUT2D eigenvalue weighted by atomic mass is 10.1. The van der Waals surface area contributed by atoms with Crippen LogP contribution < -0.4 is 10.6 Å². The van der Waals surface area contributed by atoms with Crippen molar-refractivity contribution in [1.29, 1.82) is 0 Å². The van der Waals surface area contributed by atoms with Crippen LogP contribution in [0.25, 0.3) is 0 Å². The highest BCUT2D eigenvalue weighted by Crippen LogP contribution is 2.03. The fourth-order valence-electron chi connectivity index (χ4n) is 1.41. The van der Waals surface area contributed by atoms with Crippen molar-refractivity contribution < 1.29 is 9.18 Å². The molecule has 0 bridgehead atoms. The van der Waals surface area contributed by atoms with Crippen LogP contribution in [0.5, 0.6) is 0 Å². The van der Waals surface area contributed by atoms with Crippen LogP contribution in [-0.4, -0.2) is 19.5 Å². The number of benzene rings is 1. The Morgan fingerprint density at radius 1 is 1.50 bits per heavy atom. The summed E-state index contributed by atoms with van der Waals surface area (Å²) in [5, 5.41) is 5.70. The summed E-state index contributed by atoms with van der Waals surface area (Å²) in [6.45, 7) is 2.84. The van der Waals surface area contributed by atoms with Gasteiger partial charge >= 0.3 is 0 Å². The molecule has 0 saturated heterocycles. The maximum Gasteiger partial charge on any atom is 0.224 e. The van der Waals surface area contributed by atoms with Crippen LogP contribution in [0.2, 0.25) is 0 Å². The van der Waals surface area contributed by atoms with Crippen LogP contribution in [0.4, 0.5) is 4.39 Å². The van der Waals surface area contributed by atoms with Crippen LogP contribution >= 0.6 is 0 Å². The molecule has 0 aliphatic rings. The molecule has 16 heavy (non-hydrogen) atoms. The molecule has 0 aliphatic carbocycles. The molecule has 1 unspecified atom stereocenters. The predicted octanol–water partition coefficient (Wildman–Crippen LogP) is 1.30. The van der Waals surface area contributed by atoms with E-state index in [4.69, 9.17) is 0 Å². The monoisotopic (exact) mass is 224 g/mol. The average Bonchev–Trinajstić information content (AvgIpc) is 2.26. The number of carbonyl (C=O) groups is 1. The van der Waals surface area contributed by atoms with Gasteiger partial charge in [0.05, 0.1) is 0 Å². The minimum atomic E-state index is -0.282. The zero-order valence-corrected chi connectivity index (χ0v) is 9.59. The summed E-state index contributed by atoms with van der Waals surface area (Å²) in [6, 6.07) is 6.22. The Bertz CT molecular complexity index is 355. The van der Waals surface area contributed by atoms with Gasteiger partial charge in [-0.3, -0.25) is 4.79 Å². The number of amides is 1. The average molecular weight is 224 g/mol. The van der Waals surface area contributed by atoms with Gasteiger partial charge < -0.3 is 10.6 Å². The number of hydrogen-bond acceptors (Lipinski definition) is 2. The summed E-state index contributed by atoms with van der Waals surface area (Å²) in [6.07, 6.45) is 0. The van der Waals surface area contributed by atoms with E-state index in [0.717, 1.165) is 5.56 Å². The molecule has 2 N–H and O–H groups in total. The highest BCUT2D eigenvalue weighted by molar-refractivity contribution is 5.78. The van der Waals surface area contributed by atoms with Gasteiger partial charge in [-0.05, 0) is 24.7 Å². The van der Waals surface area contributed by atoms with Crippen molar-refractivity contribution in [2.45, 2.75) is 13.5 Å². The summed E-state index contributed by atoms with van der Waals surface area (Å²) in [7, 11) is 1.80. The number of carbonyl (C=O) groups excluding carboxylic acids is 1. The highest BCUT2D eigenvalue weighted by Gasteiger charge is 2.10. The standard InChI is InChI=1S/C12H17FN2O/c1-9(7-14-2)12(16)15-8-10-4-3-5-11(13)6-10/h3-6,9,14H,7-8H2,1-2H3,(H,15,16). The largest absolute Gasteiger partial charge is 0.352 e. The van der Waals surface area contributed by atoms with Gasteiger partial charge in [-0.1, -0.05) is 19.1 Å². The maximum absolute atomic E-state index is 12.8. The van der Waals surface area contributed by atoms with Gasteiger partial charge in [-0.15, -0.1) is 0 Å². The molecule has 0 spiro atoms. The molecule has 1 aromatic carbocycles. The van der Waals surface area contributed by atoms with E-state index in [0.29, 0.717) is 13.1 Å². The molecule has 1 aromatic rings. The summed E-state index contributed by atoms with van der Waals surface area (Å²) < 4.78 is 12.8. The van der Waals surface area contributed by atoms with Crippen molar-refractivity contribution in [2.75, 3.05) is 13.6 Å². The molecule has 0 aliphatic heterocycles. The van der Waals surface area contributed by atoms with Crippen molar-refractivity contribution >= 4 is 5.91 Å². The zero-order valence-electron chi connectivity index (χ0n) is 9.59. The smallest absolute Gasteiger partial charge is 0.224 e. The third-order valence-corrected chi connectivity index (χ3v) is 2.31. The zero-order chi connectivity index (χ0) is 12.0. The number of nitrogens with one attached hydrogen (secondary N) is 2. The van der Waals surface area contributed by atoms with Crippen molar-refractivity contribution in [2.24, 2.45) is 5.92 Å². The van der Waals surface area contributed by atoms with Gasteiger partial charge in [-0.2, -0.15) is 0 Å². The fraction of sp³-hybridized carbons (Fsp3) is 0.417. The lowest BCUT2D eigenvalue weighted by Gasteiger charge is -2.11. The predicted molar refractivity (Wildman–Crippen MR) is 61.3 cm³/mol. The first-order chi connectivity index (χ1) is 7.63. The Morgan fingerprint density at radius 3 is 2.88 bits per heavy atom. The molecular weight excluding hydrogens is 207 g/mol. The van der Waals surface area contributed by atoms with E-state index >= 15 is 0 Å². The molecule has 1 atom stereocenters. The molecule has 0 aromatic heterocycles. The van der Waals surface area contributed by atoms with E-state index < -0.39 is 0 Å². The Kier molecular flexibility index (Phi) is 4.92. The summed E-state index contributed by atoms with van der Waals surface area (Å²) in [4.78, 5) is 11.5. The fourth-order valence-corrected chi connectivity index (χ4v) is 1.41. The van der Waals surface area contributed by atoms with Crippen LogP contribution in [0.15, 0.2) is 24.3 Å². The lowest BCUT2D eigenvalue weighted by molar-refractivity contribution is -0.124.